The molecule has 0 saturated carbocycles. The van der Waals surface area contributed by atoms with Crippen molar-refractivity contribution in [1.29, 1.82) is 0 Å². The molecule has 0 saturated heterocycles. The van der Waals surface area contributed by atoms with Crippen LogP contribution in [0.2, 0.25) is 0 Å². The molecule has 484 valence electrons. The molecule has 0 unspecified atom stereocenters. The van der Waals surface area contributed by atoms with Gasteiger partial charge >= 0.3 is 45.3 Å². The van der Waals surface area contributed by atoms with Crippen LogP contribution in [0.1, 0.15) is 84.5 Å². The molecule has 4 amide bonds. The summed E-state index contributed by atoms with van der Waals surface area (Å²) in [6, 6.07) is 46.2. The number of pyridine rings is 1. The van der Waals surface area contributed by atoms with Gasteiger partial charge in [0.1, 0.15) is 17.0 Å². The number of hydrogen-bond donors (Lipinski definition) is 6. The number of carbonyl (C=O) groups is 4. The first kappa shape index (κ1) is 75.1. The Bertz CT molecular complexity index is 3700. The Labute approximate surface area is 571 Å². The van der Waals surface area contributed by atoms with E-state index in [0.717, 1.165) is 55.1 Å². The van der Waals surface area contributed by atoms with Crippen molar-refractivity contribution in [2.24, 2.45) is 16.5 Å². The zero-order valence-electron chi connectivity index (χ0n) is 51.8. The number of benzene rings is 5. The van der Waals surface area contributed by atoms with Crippen molar-refractivity contribution >= 4 is 103 Å². The van der Waals surface area contributed by atoms with Gasteiger partial charge in [-0.05, 0) is 183 Å². The monoisotopic (exact) mass is 1530 g/mol. The fraction of sp³-hybridized carbons (Fsp3) is 0.227. The number of anilines is 3. The van der Waals surface area contributed by atoms with Crippen LogP contribution in [0.25, 0.3) is 17.1 Å². The van der Waals surface area contributed by atoms with Crippen molar-refractivity contribution in [1.82, 2.24) is 49.9 Å². The number of amides is 4. The van der Waals surface area contributed by atoms with Crippen LogP contribution in [0.15, 0.2) is 206 Å². The van der Waals surface area contributed by atoms with Gasteiger partial charge in [0.15, 0.2) is 0 Å². The molecule has 0 atom stereocenters. The fourth-order valence-corrected chi connectivity index (χ4v) is 8.41. The molecule has 1 aliphatic rings. The van der Waals surface area contributed by atoms with Gasteiger partial charge in [-0.25, -0.2) is 28.6 Å². The van der Waals surface area contributed by atoms with Crippen molar-refractivity contribution in [2.45, 2.75) is 78.9 Å². The van der Waals surface area contributed by atoms with Crippen LogP contribution in [0.5, 0.6) is 0 Å². The van der Waals surface area contributed by atoms with Gasteiger partial charge in [0.2, 0.25) is 0 Å². The van der Waals surface area contributed by atoms with E-state index in [9.17, 15) is 19.2 Å². The summed E-state index contributed by atoms with van der Waals surface area (Å²) in [6.45, 7) is 13.9. The van der Waals surface area contributed by atoms with Gasteiger partial charge in [-0.15, -0.1) is 12.4 Å². The number of alkyl carbamates (subject to hydrolysis) is 2. The number of aliphatic imine (C=N–C) groups is 1. The van der Waals surface area contributed by atoms with Crippen LogP contribution in [-0.4, -0.2) is 101 Å². The number of nitrogens with two attached hydrogens (primary N) is 2. The Morgan fingerprint density at radius 2 is 1.09 bits per heavy atom. The number of carbonyl (C=O) groups excluding carboxylic acids is 4. The first-order chi connectivity index (χ1) is 43.1. The maximum absolute atomic E-state index is 12.1. The van der Waals surface area contributed by atoms with Crippen LogP contribution in [0.3, 0.4) is 0 Å². The van der Waals surface area contributed by atoms with Crippen molar-refractivity contribution in [3.63, 3.8) is 0 Å². The summed E-state index contributed by atoms with van der Waals surface area (Å²) in [7, 11) is 3.42. The molecule has 5 aromatic carbocycles. The second-order valence-electron chi connectivity index (χ2n) is 21.6. The summed E-state index contributed by atoms with van der Waals surface area (Å²) >= 11 is 8.11. The number of rotatable bonds is 15. The quantitative estimate of drug-likeness (QED) is 0.0412. The van der Waals surface area contributed by atoms with Gasteiger partial charge in [0.05, 0.1) is 34.9 Å². The summed E-state index contributed by atoms with van der Waals surface area (Å²) in [5.74, 6) is -0.110. The third-order valence-electron chi connectivity index (χ3n) is 11.8. The van der Waals surface area contributed by atoms with Crippen molar-refractivity contribution in [3.8, 4) is 17.1 Å². The minimum atomic E-state index is -0.571. The standard InChI is InChI=1S/C25H25N7O2.C15H19N3O2.C12H16INO2.C10H11N3.C4H5N.ClH.Cu.HI/c1-31(2)25(34)18-7-9-19(10-8-18)30-23-14-22(21(16-28-23)24(26)33)27-15-17-5-3-6-20(13-17)32-12-4-11-29-32;1-15(2,3)20-14(19)16-11-12-6-4-7-13(10-12)18-9-5-8-17-18;1-12(2,3)16-11(15)14-8-9-5-4-6-10(13)7-9;11-8-9-3-1-4-10(7-9)13-6-2-5-12-13;1-2-4-5-3-1;;;/h3-14,16H,15H2,1-2H3,(H2,26,33)(H2,27,28,30);4-10H,11H2,1-3H3,(H,16,19);4-7H,8H2,1-3H3,(H,14,15);1-7H,8,11H2;1-3H,4H2;1H;;1H/q;;;;;;+1;/p-1. The van der Waals surface area contributed by atoms with Crippen molar-refractivity contribution in [3.05, 3.63) is 238 Å². The Balaban J connectivity index is 0.000000265. The average molecular weight is 1530 g/mol. The molecule has 91 heavy (non-hydrogen) atoms. The minimum absolute atomic E-state index is 0. The fourth-order valence-electron chi connectivity index (χ4n) is 7.80. The molecule has 0 radical (unpaired) electrons. The van der Waals surface area contributed by atoms with E-state index in [2.05, 4.69) is 81.9 Å². The van der Waals surface area contributed by atoms with Crippen LogP contribution in [-0.2, 0) is 48.4 Å². The molecule has 25 heteroatoms. The predicted molar refractivity (Wildman–Crippen MR) is 375 cm³/mol. The first-order valence-electron chi connectivity index (χ1n) is 28.1. The van der Waals surface area contributed by atoms with Crippen molar-refractivity contribution < 1.29 is 41.4 Å². The molecule has 5 heterocycles. The van der Waals surface area contributed by atoms with Gasteiger partial charge in [-0.3, -0.25) is 14.6 Å². The first-order valence-corrected chi connectivity index (χ1v) is 32.3. The average Bonchev–Trinajstić information content (AvgIpc) is 3.76. The zero-order chi connectivity index (χ0) is 65.5. The molecule has 4 aromatic heterocycles. The molecule has 8 N–H and O–H groups in total. The molecular weight excluding hydrogens is 1450 g/mol. The number of ether oxygens (including phenoxy) is 2. The third kappa shape index (κ3) is 28.1. The number of allylic oxidation sites excluding steroid dienone is 1. The second kappa shape index (κ2) is 39.0. The van der Waals surface area contributed by atoms with E-state index in [4.69, 9.17) is 20.9 Å². The van der Waals surface area contributed by atoms with Gasteiger partial charge in [-0.2, -0.15) is 15.3 Å². The Morgan fingerprint density at radius 1 is 0.626 bits per heavy atom. The molecule has 0 spiro atoms. The number of aromatic nitrogens is 7. The summed E-state index contributed by atoms with van der Waals surface area (Å²) in [4.78, 5) is 56.7. The summed E-state index contributed by atoms with van der Waals surface area (Å²) < 4.78 is 16.9. The molecule has 21 nitrogen and oxygen atoms in total. The molecule has 9 aromatic rings. The van der Waals surface area contributed by atoms with Gasteiger partial charge in [0, 0.05) is 111 Å². The van der Waals surface area contributed by atoms with Gasteiger partial charge in [-0.1, -0.05) is 54.6 Å². The van der Waals surface area contributed by atoms with Gasteiger partial charge < -0.3 is 47.1 Å². The summed E-state index contributed by atoms with van der Waals surface area (Å²) in [6.07, 6.45) is 17.3. The van der Waals surface area contributed by atoms with E-state index in [1.54, 1.807) is 98.9 Å². The Morgan fingerprint density at radius 3 is 1.48 bits per heavy atom. The van der Waals surface area contributed by atoms with Crippen LogP contribution >= 0.6 is 55.3 Å². The predicted octanol–water partition coefficient (Wildman–Crippen LogP) is 12.9. The Kier molecular flexibility index (Phi) is 32.2. The molecule has 0 bridgehead atoms. The summed E-state index contributed by atoms with van der Waals surface area (Å²) in [5.41, 5.74) is 19.5. The Hall–Kier alpha value is -8.40. The number of halogens is 3. The van der Waals surface area contributed by atoms with Crippen LogP contribution < -0.4 is 32.7 Å². The van der Waals surface area contributed by atoms with E-state index in [-0.39, 0.29) is 24.4 Å². The number of primary amides is 1. The number of nitrogens with zero attached hydrogens (tertiary/aromatic N) is 9. The van der Waals surface area contributed by atoms with E-state index in [0.29, 0.717) is 48.8 Å². The van der Waals surface area contributed by atoms with Crippen molar-refractivity contribution in [2.75, 3.05) is 31.3 Å². The maximum atomic E-state index is 12.1. The molecule has 0 fully saturated rings. The van der Waals surface area contributed by atoms with E-state index >= 15 is 0 Å². The second-order valence-corrected chi connectivity index (χ2v) is 22.8. The molecule has 1 aliphatic heterocycles. The molecule has 0 aliphatic carbocycles. The summed E-state index contributed by atoms with van der Waals surface area (Å²) in [5, 5.41) is 24.5. The van der Waals surface area contributed by atoms with Crippen LogP contribution in [0.4, 0.5) is 26.8 Å². The van der Waals surface area contributed by atoms with E-state index in [1.807, 2.05) is 192 Å². The van der Waals surface area contributed by atoms with E-state index < -0.39 is 23.2 Å². The molecule has 10 rings (SSSR count). The normalized spacial score (nSPS) is 10.8. The van der Waals surface area contributed by atoms with E-state index in [1.165, 1.54) is 11.1 Å². The molecular formula is C66H77ClCuI2N15O6. The van der Waals surface area contributed by atoms with Crippen LogP contribution in [0, 0.1) is 3.57 Å². The topological polar surface area (TPSA) is 269 Å². The number of hydrogen-bond acceptors (Lipinski definition) is 14. The number of nitrogens with one attached hydrogen (secondary N) is 4. The van der Waals surface area contributed by atoms with Gasteiger partial charge in [0.25, 0.3) is 11.8 Å². The zero-order valence-corrected chi connectivity index (χ0v) is 57.8. The third-order valence-corrected chi connectivity index (χ3v) is 12.5. The SMILES string of the molecule is C1=CCN=C1.CC(C)(C)OC(=O)NCc1cccc(-n2cccn2)c1.CC(C)(C)OC(=O)NCc1cccc(I)c1.CN(C)C(=O)c1ccc(Nc2cc(NCc3cccc(-n4cccn4)c3)c(C(N)=O)cn2)cc1.Cl.NCc1cccc(-n2cccn2)c1.[Cu][I].